The van der Waals surface area contributed by atoms with E-state index in [4.69, 9.17) is 10.5 Å². The van der Waals surface area contributed by atoms with E-state index in [0.29, 0.717) is 13.0 Å². The highest BCUT2D eigenvalue weighted by Gasteiger charge is 2.12. The van der Waals surface area contributed by atoms with Gasteiger partial charge < -0.3 is 10.5 Å². The Bertz CT molecular complexity index is 351. The molecule has 5 nitrogen and oxygen atoms in total. The van der Waals surface area contributed by atoms with Gasteiger partial charge in [-0.15, -0.1) is 0 Å². The van der Waals surface area contributed by atoms with Gasteiger partial charge in [0.2, 0.25) is 0 Å². The van der Waals surface area contributed by atoms with Crippen molar-refractivity contribution in [3.8, 4) is 5.75 Å². The minimum absolute atomic E-state index is 0.221. The average molecular weight is 237 g/mol. The molecule has 0 spiro atoms. The zero-order valence-electron chi connectivity index (χ0n) is 10.2. The summed E-state index contributed by atoms with van der Waals surface area (Å²) >= 11 is 0. The molecule has 0 aliphatic carbocycles. The van der Waals surface area contributed by atoms with Crippen LogP contribution in [0.1, 0.15) is 12.5 Å². The SMILES string of the molecule is CCOc1ccc(CC(N)C(=O)NNC)cc1. The van der Waals surface area contributed by atoms with Crippen LogP contribution in [0.4, 0.5) is 0 Å². The first kappa shape index (κ1) is 13.5. The molecule has 1 atom stereocenters. The highest BCUT2D eigenvalue weighted by atomic mass is 16.5. The van der Waals surface area contributed by atoms with Gasteiger partial charge in [0.25, 0.3) is 5.91 Å². The van der Waals surface area contributed by atoms with Crippen LogP contribution >= 0.6 is 0 Å². The number of hydrogen-bond donors (Lipinski definition) is 3. The molecule has 0 radical (unpaired) electrons. The summed E-state index contributed by atoms with van der Waals surface area (Å²) in [6.45, 7) is 2.58. The summed E-state index contributed by atoms with van der Waals surface area (Å²) < 4.78 is 5.33. The van der Waals surface area contributed by atoms with E-state index < -0.39 is 6.04 Å². The second-order valence-electron chi connectivity index (χ2n) is 3.63. The highest BCUT2D eigenvalue weighted by molar-refractivity contribution is 5.81. The Morgan fingerprint density at radius 1 is 1.41 bits per heavy atom. The number of carbonyl (C=O) groups is 1. The third-order valence-electron chi connectivity index (χ3n) is 2.27. The van der Waals surface area contributed by atoms with Crippen LogP contribution in [0, 0.1) is 0 Å². The van der Waals surface area contributed by atoms with Crippen LogP contribution in [0.3, 0.4) is 0 Å². The molecule has 0 saturated carbocycles. The molecule has 1 rings (SSSR count). The zero-order valence-corrected chi connectivity index (χ0v) is 10.2. The van der Waals surface area contributed by atoms with Crippen LogP contribution in [0.2, 0.25) is 0 Å². The molecule has 0 bridgehead atoms. The fraction of sp³-hybridized carbons (Fsp3) is 0.417. The van der Waals surface area contributed by atoms with Crippen LogP contribution in [-0.4, -0.2) is 25.6 Å². The lowest BCUT2D eigenvalue weighted by molar-refractivity contribution is -0.123. The monoisotopic (exact) mass is 237 g/mol. The molecule has 0 aliphatic rings. The summed E-state index contributed by atoms with van der Waals surface area (Å²) in [6.07, 6.45) is 0.500. The quantitative estimate of drug-likeness (QED) is 0.618. The van der Waals surface area contributed by atoms with Gasteiger partial charge in [0.15, 0.2) is 0 Å². The predicted octanol–water partition coefficient (Wildman–Crippen LogP) is 0.206. The molecule has 1 aromatic rings. The molecule has 0 fully saturated rings. The van der Waals surface area contributed by atoms with E-state index >= 15 is 0 Å². The Morgan fingerprint density at radius 2 is 2.06 bits per heavy atom. The average Bonchev–Trinajstić information content (AvgIpc) is 2.32. The van der Waals surface area contributed by atoms with Crippen molar-refractivity contribution >= 4 is 5.91 Å². The van der Waals surface area contributed by atoms with Crippen LogP contribution in [-0.2, 0) is 11.2 Å². The van der Waals surface area contributed by atoms with Gasteiger partial charge in [-0.3, -0.25) is 10.2 Å². The van der Waals surface area contributed by atoms with E-state index in [1.807, 2.05) is 31.2 Å². The number of nitrogens with two attached hydrogens (primary N) is 1. The molecule has 0 saturated heterocycles. The maximum Gasteiger partial charge on any atom is 0.251 e. The van der Waals surface area contributed by atoms with Gasteiger partial charge in [-0.25, -0.2) is 5.43 Å². The van der Waals surface area contributed by atoms with E-state index in [-0.39, 0.29) is 5.91 Å². The first-order valence-corrected chi connectivity index (χ1v) is 5.61. The van der Waals surface area contributed by atoms with Crippen molar-refractivity contribution in [3.05, 3.63) is 29.8 Å². The molecule has 0 aliphatic heterocycles. The fourth-order valence-electron chi connectivity index (χ4n) is 1.45. The van der Waals surface area contributed by atoms with E-state index in [2.05, 4.69) is 10.9 Å². The van der Waals surface area contributed by atoms with Crippen LogP contribution in [0.15, 0.2) is 24.3 Å². The van der Waals surface area contributed by atoms with Crippen molar-refractivity contribution in [2.75, 3.05) is 13.7 Å². The third kappa shape index (κ3) is 4.42. The van der Waals surface area contributed by atoms with Crippen molar-refractivity contribution in [2.24, 2.45) is 5.73 Å². The number of ether oxygens (including phenoxy) is 1. The second-order valence-corrected chi connectivity index (χ2v) is 3.63. The summed E-state index contributed by atoms with van der Waals surface area (Å²) in [6, 6.07) is 7.03. The van der Waals surface area contributed by atoms with Gasteiger partial charge in [0.1, 0.15) is 5.75 Å². The molecular formula is C12H19N3O2. The van der Waals surface area contributed by atoms with Gasteiger partial charge >= 0.3 is 0 Å². The van der Waals surface area contributed by atoms with E-state index in [0.717, 1.165) is 11.3 Å². The van der Waals surface area contributed by atoms with Crippen LogP contribution in [0.5, 0.6) is 5.75 Å². The van der Waals surface area contributed by atoms with Gasteiger partial charge in [-0.1, -0.05) is 12.1 Å². The zero-order chi connectivity index (χ0) is 12.7. The van der Waals surface area contributed by atoms with Gasteiger partial charge in [0, 0.05) is 7.05 Å². The van der Waals surface area contributed by atoms with Crippen LogP contribution in [0.25, 0.3) is 0 Å². The maximum atomic E-state index is 11.4. The number of carbonyl (C=O) groups excluding carboxylic acids is 1. The fourth-order valence-corrected chi connectivity index (χ4v) is 1.45. The molecular weight excluding hydrogens is 218 g/mol. The molecule has 1 amide bonds. The van der Waals surface area contributed by atoms with Crippen molar-refractivity contribution in [1.82, 2.24) is 10.9 Å². The predicted molar refractivity (Wildman–Crippen MR) is 66.5 cm³/mol. The largest absolute Gasteiger partial charge is 0.494 e. The van der Waals surface area contributed by atoms with Gasteiger partial charge in [0.05, 0.1) is 12.6 Å². The normalized spacial score (nSPS) is 11.9. The standard InChI is InChI=1S/C12H19N3O2/c1-3-17-10-6-4-9(5-7-10)8-11(13)12(16)15-14-2/h4-7,11,14H,3,8,13H2,1-2H3,(H,15,16). The molecule has 94 valence electrons. The Balaban J connectivity index is 2.53. The van der Waals surface area contributed by atoms with Crippen molar-refractivity contribution in [2.45, 2.75) is 19.4 Å². The Hall–Kier alpha value is -1.59. The summed E-state index contributed by atoms with van der Waals surface area (Å²) in [7, 11) is 1.63. The Morgan fingerprint density at radius 3 is 2.59 bits per heavy atom. The minimum atomic E-state index is -0.555. The number of amides is 1. The smallest absolute Gasteiger partial charge is 0.251 e. The lowest BCUT2D eigenvalue weighted by Gasteiger charge is -2.11. The topological polar surface area (TPSA) is 76.4 Å². The number of nitrogens with one attached hydrogen (secondary N) is 2. The highest BCUT2D eigenvalue weighted by Crippen LogP contribution is 2.12. The summed E-state index contributed by atoms with van der Waals surface area (Å²) in [5.41, 5.74) is 11.8. The molecule has 1 aromatic carbocycles. The number of benzene rings is 1. The molecule has 0 heterocycles. The van der Waals surface area contributed by atoms with E-state index in [1.165, 1.54) is 0 Å². The maximum absolute atomic E-state index is 11.4. The van der Waals surface area contributed by atoms with Crippen molar-refractivity contribution in [1.29, 1.82) is 0 Å². The molecule has 4 N–H and O–H groups in total. The molecule has 1 unspecified atom stereocenters. The summed E-state index contributed by atoms with van der Waals surface area (Å²) in [5.74, 6) is 0.603. The van der Waals surface area contributed by atoms with Crippen molar-refractivity contribution < 1.29 is 9.53 Å². The van der Waals surface area contributed by atoms with E-state index in [9.17, 15) is 4.79 Å². The molecule has 0 aromatic heterocycles. The number of hydrazine groups is 1. The lowest BCUT2D eigenvalue weighted by atomic mass is 10.1. The van der Waals surface area contributed by atoms with Crippen molar-refractivity contribution in [3.63, 3.8) is 0 Å². The van der Waals surface area contributed by atoms with E-state index in [1.54, 1.807) is 7.05 Å². The Labute approximate surface area is 101 Å². The Kier molecular flexibility index (Phi) is 5.45. The lowest BCUT2D eigenvalue weighted by Crippen LogP contribution is -2.46. The summed E-state index contributed by atoms with van der Waals surface area (Å²) in [5, 5.41) is 0. The first-order valence-electron chi connectivity index (χ1n) is 5.61. The minimum Gasteiger partial charge on any atom is -0.494 e. The number of hydrogen-bond acceptors (Lipinski definition) is 4. The third-order valence-corrected chi connectivity index (χ3v) is 2.27. The number of rotatable bonds is 6. The second kappa shape index (κ2) is 6.88. The first-order chi connectivity index (χ1) is 8.17. The van der Waals surface area contributed by atoms with Crippen LogP contribution < -0.4 is 21.3 Å². The molecule has 5 heteroatoms. The van der Waals surface area contributed by atoms with Gasteiger partial charge in [-0.2, -0.15) is 0 Å². The summed E-state index contributed by atoms with van der Waals surface area (Å²) in [4.78, 5) is 11.4. The molecule has 17 heavy (non-hydrogen) atoms. The van der Waals surface area contributed by atoms with Gasteiger partial charge in [-0.05, 0) is 31.0 Å².